The summed E-state index contributed by atoms with van der Waals surface area (Å²) in [5.74, 6) is -0.741. The molecule has 1 aliphatic heterocycles. The molecule has 0 aliphatic carbocycles. The molecule has 30 heavy (non-hydrogen) atoms. The lowest BCUT2D eigenvalue weighted by molar-refractivity contribution is 0.0179. The van der Waals surface area contributed by atoms with Crippen molar-refractivity contribution >= 4 is 34.9 Å². The summed E-state index contributed by atoms with van der Waals surface area (Å²) < 4.78 is 26.1. The second-order valence-electron chi connectivity index (χ2n) is 8.15. The summed E-state index contributed by atoms with van der Waals surface area (Å²) in [7, 11) is 1.26. The molecule has 2 aromatic heterocycles. The van der Waals surface area contributed by atoms with Crippen LogP contribution in [0.5, 0.6) is 0 Å². The molecule has 0 unspecified atom stereocenters. The molecule has 1 fully saturated rings. The van der Waals surface area contributed by atoms with Crippen molar-refractivity contribution in [3.63, 3.8) is 0 Å². The van der Waals surface area contributed by atoms with Gasteiger partial charge in [0.05, 0.1) is 37.3 Å². The lowest BCUT2D eigenvalue weighted by Gasteiger charge is -2.31. The van der Waals surface area contributed by atoms with Gasteiger partial charge in [0.15, 0.2) is 5.65 Å². The molecular formula is C19H26FN5O4S. The molecule has 1 aliphatic rings. The fourth-order valence-electron chi connectivity index (χ4n) is 3.50. The van der Waals surface area contributed by atoms with E-state index in [0.717, 1.165) is 0 Å². The van der Waals surface area contributed by atoms with E-state index in [1.807, 2.05) is 13.2 Å². The van der Waals surface area contributed by atoms with Crippen LogP contribution in [0.4, 0.5) is 9.18 Å². The highest BCUT2D eigenvalue weighted by Crippen LogP contribution is 2.33. The molecule has 3 rings (SSSR count). The molecular weight excluding hydrogens is 413 g/mol. The minimum Gasteiger partial charge on any atom is -0.463 e. The van der Waals surface area contributed by atoms with Crippen molar-refractivity contribution in [2.45, 2.75) is 63.0 Å². The molecule has 1 saturated heterocycles. The Bertz CT molecular complexity index is 960. The second kappa shape index (κ2) is 8.37. The van der Waals surface area contributed by atoms with E-state index in [1.54, 1.807) is 31.6 Å². The molecule has 0 spiro atoms. The van der Waals surface area contributed by atoms with Crippen LogP contribution in [-0.4, -0.2) is 74.4 Å². The number of likely N-dealkylation sites (tertiary alicyclic amines) is 1. The zero-order chi connectivity index (χ0) is 22.2. The van der Waals surface area contributed by atoms with Gasteiger partial charge in [-0.3, -0.25) is 0 Å². The minimum atomic E-state index is -1.16. The molecule has 11 heteroatoms. The third-order valence-corrected chi connectivity index (χ3v) is 5.54. The van der Waals surface area contributed by atoms with Gasteiger partial charge in [0.2, 0.25) is 5.82 Å². The van der Waals surface area contributed by atoms with Gasteiger partial charge in [0.1, 0.15) is 16.8 Å². The van der Waals surface area contributed by atoms with Crippen LogP contribution < -0.4 is 0 Å². The van der Waals surface area contributed by atoms with Crippen LogP contribution in [0.3, 0.4) is 0 Å². The van der Waals surface area contributed by atoms with Gasteiger partial charge in [-0.1, -0.05) is 0 Å². The van der Waals surface area contributed by atoms with E-state index in [0.29, 0.717) is 16.1 Å². The summed E-state index contributed by atoms with van der Waals surface area (Å²) in [6, 6.07) is -0.891. The number of esters is 1. The van der Waals surface area contributed by atoms with Gasteiger partial charge in [-0.15, -0.1) is 11.8 Å². The number of aromatic nitrogens is 4. The summed E-state index contributed by atoms with van der Waals surface area (Å²) in [6.45, 7) is 7.10. The summed E-state index contributed by atoms with van der Waals surface area (Å²) >= 11 is 1.35. The van der Waals surface area contributed by atoms with E-state index in [-0.39, 0.29) is 18.8 Å². The van der Waals surface area contributed by atoms with E-state index >= 15 is 0 Å². The van der Waals surface area contributed by atoms with Gasteiger partial charge in [-0.05, 0) is 34.0 Å². The average molecular weight is 440 g/mol. The van der Waals surface area contributed by atoms with Crippen LogP contribution in [-0.2, 0) is 9.47 Å². The first kappa shape index (κ1) is 22.3. The van der Waals surface area contributed by atoms with Crippen molar-refractivity contribution < 1.29 is 23.5 Å². The first-order valence-electron chi connectivity index (χ1n) is 9.57. The monoisotopic (exact) mass is 439 g/mol. The van der Waals surface area contributed by atoms with Gasteiger partial charge in [0.25, 0.3) is 0 Å². The van der Waals surface area contributed by atoms with Crippen molar-refractivity contribution in [3.8, 4) is 0 Å². The zero-order valence-corrected chi connectivity index (χ0v) is 18.7. The number of nitrogens with zero attached hydrogens (tertiary/aromatic N) is 5. The molecule has 3 heterocycles. The van der Waals surface area contributed by atoms with E-state index in [1.165, 1.54) is 23.8 Å². The van der Waals surface area contributed by atoms with E-state index in [4.69, 9.17) is 9.47 Å². The molecule has 0 bridgehead atoms. The van der Waals surface area contributed by atoms with Crippen LogP contribution in [0.2, 0.25) is 0 Å². The Morgan fingerprint density at radius 1 is 1.33 bits per heavy atom. The molecule has 0 saturated carbocycles. The maximum Gasteiger partial charge on any atom is 0.410 e. The van der Waals surface area contributed by atoms with Crippen molar-refractivity contribution in [2.75, 3.05) is 19.9 Å². The third kappa shape index (κ3) is 4.35. The lowest BCUT2D eigenvalue weighted by Crippen LogP contribution is -2.43. The highest BCUT2D eigenvalue weighted by molar-refractivity contribution is 7.98. The third-order valence-electron chi connectivity index (χ3n) is 4.84. The smallest absolute Gasteiger partial charge is 0.410 e. The van der Waals surface area contributed by atoms with Crippen LogP contribution in [0.1, 0.15) is 50.8 Å². The van der Waals surface area contributed by atoms with Crippen LogP contribution in [0, 0.1) is 0 Å². The van der Waals surface area contributed by atoms with Gasteiger partial charge in [-0.2, -0.15) is 5.10 Å². The Morgan fingerprint density at radius 2 is 2.03 bits per heavy atom. The van der Waals surface area contributed by atoms with Gasteiger partial charge >= 0.3 is 12.1 Å². The Labute approximate surface area is 178 Å². The maximum atomic E-state index is 14.3. The van der Waals surface area contributed by atoms with E-state index < -0.39 is 35.9 Å². The SMILES string of the molecule is COC(=O)c1nc(SC)c2cnn([C@@H](C)[C@@H]3C[C@@H](F)CN3C(=O)OC(C)(C)C)c2n1. The zero-order valence-electron chi connectivity index (χ0n) is 17.9. The van der Waals surface area contributed by atoms with Gasteiger partial charge < -0.3 is 14.4 Å². The fraction of sp³-hybridized carbons (Fsp3) is 0.632. The Kier molecular flexibility index (Phi) is 6.21. The number of carbonyl (C=O) groups excluding carboxylic acids is 2. The number of thioether (sulfide) groups is 1. The predicted molar refractivity (Wildman–Crippen MR) is 109 cm³/mol. The standard InChI is InChI=1S/C19H26FN5O4S/c1-10(13-7-11(20)9-24(13)18(27)29-19(2,3)4)25-15-12(8-21-25)16(30-6)23-14(22-15)17(26)28-5/h8,10-11,13H,7,9H2,1-6H3/t10-,11+,13-/m0/s1. The van der Waals surface area contributed by atoms with Crippen molar-refractivity contribution in [3.05, 3.63) is 12.0 Å². The second-order valence-corrected chi connectivity index (χ2v) is 8.94. The average Bonchev–Trinajstić information content (AvgIpc) is 3.28. The highest BCUT2D eigenvalue weighted by atomic mass is 32.2. The number of ether oxygens (including phenoxy) is 2. The number of methoxy groups -OCH3 is 1. The van der Waals surface area contributed by atoms with Gasteiger partial charge in [0, 0.05) is 6.42 Å². The molecule has 0 aromatic carbocycles. The van der Waals surface area contributed by atoms with Crippen molar-refractivity contribution in [1.82, 2.24) is 24.6 Å². The number of rotatable bonds is 4. The van der Waals surface area contributed by atoms with Crippen molar-refractivity contribution in [2.24, 2.45) is 0 Å². The molecule has 0 N–H and O–H groups in total. The minimum absolute atomic E-state index is 0.0401. The Hall–Kier alpha value is -2.43. The predicted octanol–water partition coefficient (Wildman–Crippen LogP) is 3.24. The molecule has 1 amide bonds. The summed E-state index contributed by atoms with van der Waals surface area (Å²) in [4.78, 5) is 34.6. The number of hydrogen-bond donors (Lipinski definition) is 0. The first-order valence-corrected chi connectivity index (χ1v) is 10.8. The van der Waals surface area contributed by atoms with E-state index in [9.17, 15) is 14.0 Å². The maximum absolute atomic E-state index is 14.3. The summed E-state index contributed by atoms with van der Waals surface area (Å²) in [5.41, 5.74) is -0.262. The quantitative estimate of drug-likeness (QED) is 0.407. The first-order chi connectivity index (χ1) is 14.1. The number of alkyl halides is 1. The molecule has 9 nitrogen and oxygen atoms in total. The topological polar surface area (TPSA) is 99.4 Å². The van der Waals surface area contributed by atoms with Crippen LogP contribution >= 0.6 is 11.8 Å². The molecule has 164 valence electrons. The number of halogens is 1. The number of carbonyl (C=O) groups is 2. The number of amides is 1. The van der Waals surface area contributed by atoms with Crippen LogP contribution in [0.25, 0.3) is 11.0 Å². The Morgan fingerprint density at radius 3 is 2.63 bits per heavy atom. The largest absolute Gasteiger partial charge is 0.463 e. The molecule has 0 radical (unpaired) electrons. The molecule has 3 atom stereocenters. The Balaban J connectivity index is 1.99. The summed E-state index contributed by atoms with van der Waals surface area (Å²) in [6.07, 6.45) is 1.88. The van der Waals surface area contributed by atoms with Gasteiger partial charge in [-0.25, -0.2) is 28.6 Å². The lowest BCUT2D eigenvalue weighted by atomic mass is 10.1. The fourth-order valence-corrected chi connectivity index (χ4v) is 4.04. The normalized spacial score (nSPS) is 20.4. The number of hydrogen-bond acceptors (Lipinski definition) is 8. The van der Waals surface area contributed by atoms with Crippen LogP contribution in [0.15, 0.2) is 11.2 Å². The highest BCUT2D eigenvalue weighted by Gasteiger charge is 2.41. The summed E-state index contributed by atoms with van der Waals surface area (Å²) in [5, 5.41) is 5.66. The van der Waals surface area contributed by atoms with Crippen molar-refractivity contribution in [1.29, 1.82) is 0 Å². The number of fused-ring (bicyclic) bond motifs is 1. The molecule has 2 aromatic rings. The van der Waals surface area contributed by atoms with E-state index in [2.05, 4.69) is 15.1 Å².